The molecule has 1 saturated carbocycles. The molecule has 1 aromatic rings. The first-order valence-electron chi connectivity index (χ1n) is 8.26. The monoisotopic (exact) mass is 287 g/mol. The molecule has 0 spiro atoms. The molecule has 3 rings (SSSR count). The van der Waals surface area contributed by atoms with Gasteiger partial charge in [0, 0.05) is 6.54 Å². The Labute approximate surface area is 127 Å². The number of benzene rings is 1. The van der Waals surface area contributed by atoms with Crippen LogP contribution in [0.1, 0.15) is 56.1 Å². The molecular formula is C18H25NO2. The Kier molecular flexibility index (Phi) is 4.29. The number of nitrogens with zero attached hydrogens (tertiary/aromatic N) is 1. The molecule has 3 nitrogen and oxygen atoms in total. The van der Waals surface area contributed by atoms with E-state index < -0.39 is 11.4 Å². The summed E-state index contributed by atoms with van der Waals surface area (Å²) in [6, 6.07) is 8.23. The zero-order valence-electron chi connectivity index (χ0n) is 12.7. The van der Waals surface area contributed by atoms with Crippen molar-refractivity contribution in [3.8, 4) is 0 Å². The van der Waals surface area contributed by atoms with E-state index in [0.717, 1.165) is 50.9 Å². The van der Waals surface area contributed by atoms with E-state index in [9.17, 15) is 9.90 Å². The summed E-state index contributed by atoms with van der Waals surface area (Å²) >= 11 is 0. The third kappa shape index (κ3) is 2.84. The van der Waals surface area contributed by atoms with Crippen molar-refractivity contribution in [2.45, 2.75) is 56.9 Å². The Morgan fingerprint density at radius 1 is 1.05 bits per heavy atom. The lowest BCUT2D eigenvalue weighted by Gasteiger charge is -2.31. The summed E-state index contributed by atoms with van der Waals surface area (Å²) in [5.74, 6) is -0.633. The molecule has 0 atom stereocenters. The highest BCUT2D eigenvalue weighted by atomic mass is 16.4. The quantitative estimate of drug-likeness (QED) is 0.920. The Bertz CT molecular complexity index is 500. The average molecular weight is 287 g/mol. The number of carboxylic acids is 1. The van der Waals surface area contributed by atoms with Crippen LogP contribution in [-0.4, -0.2) is 29.1 Å². The van der Waals surface area contributed by atoms with Crippen LogP contribution in [0.25, 0.3) is 0 Å². The van der Waals surface area contributed by atoms with Crippen molar-refractivity contribution < 1.29 is 9.90 Å². The summed E-state index contributed by atoms with van der Waals surface area (Å²) in [5.41, 5.74) is 1.66. The van der Waals surface area contributed by atoms with Gasteiger partial charge in [-0.05, 0) is 49.9 Å². The van der Waals surface area contributed by atoms with E-state index in [1.54, 1.807) is 0 Å². The van der Waals surface area contributed by atoms with Gasteiger partial charge in [-0.3, -0.25) is 9.69 Å². The molecule has 0 radical (unpaired) electrons. The Morgan fingerprint density at radius 2 is 1.71 bits per heavy atom. The topological polar surface area (TPSA) is 40.5 Å². The Morgan fingerprint density at radius 3 is 2.38 bits per heavy atom. The van der Waals surface area contributed by atoms with Gasteiger partial charge in [-0.15, -0.1) is 0 Å². The number of rotatable bonds is 4. The average Bonchev–Trinajstić information content (AvgIpc) is 3.00. The van der Waals surface area contributed by atoms with Crippen LogP contribution in [0.4, 0.5) is 0 Å². The molecule has 1 aliphatic heterocycles. The van der Waals surface area contributed by atoms with Gasteiger partial charge in [0.1, 0.15) is 0 Å². The van der Waals surface area contributed by atoms with Crippen LogP contribution in [0.5, 0.6) is 0 Å². The molecule has 1 heterocycles. The number of carboxylic acid groups (broad SMARTS) is 1. The lowest BCUT2D eigenvalue weighted by molar-refractivity contribution is -0.143. The van der Waals surface area contributed by atoms with Crippen LogP contribution < -0.4 is 0 Å². The molecule has 0 amide bonds. The van der Waals surface area contributed by atoms with Crippen LogP contribution in [0.3, 0.4) is 0 Å². The van der Waals surface area contributed by atoms with Gasteiger partial charge in [0.2, 0.25) is 0 Å². The van der Waals surface area contributed by atoms with Crippen molar-refractivity contribution in [2.75, 3.05) is 13.1 Å². The van der Waals surface area contributed by atoms with Crippen LogP contribution in [0, 0.1) is 0 Å². The lowest BCUT2D eigenvalue weighted by Crippen LogP contribution is -2.35. The van der Waals surface area contributed by atoms with E-state index in [1.807, 2.05) is 12.1 Å². The first-order chi connectivity index (χ1) is 10.2. The summed E-state index contributed by atoms with van der Waals surface area (Å²) in [5, 5.41) is 9.83. The van der Waals surface area contributed by atoms with Crippen LogP contribution in [0.15, 0.2) is 24.3 Å². The van der Waals surface area contributed by atoms with Crippen LogP contribution >= 0.6 is 0 Å². The van der Waals surface area contributed by atoms with Gasteiger partial charge in [0.05, 0.1) is 5.41 Å². The van der Waals surface area contributed by atoms with E-state index in [4.69, 9.17) is 0 Å². The number of carbonyl (C=O) groups is 1. The van der Waals surface area contributed by atoms with Crippen LogP contribution in [-0.2, 0) is 16.8 Å². The molecule has 1 aromatic carbocycles. The van der Waals surface area contributed by atoms with Gasteiger partial charge in [-0.1, -0.05) is 43.5 Å². The van der Waals surface area contributed by atoms with E-state index in [1.165, 1.54) is 24.8 Å². The fourth-order valence-electron chi connectivity index (χ4n) is 4.06. The lowest BCUT2D eigenvalue weighted by atomic mass is 9.76. The van der Waals surface area contributed by atoms with Gasteiger partial charge >= 0.3 is 5.97 Å². The second-order valence-corrected chi connectivity index (χ2v) is 6.59. The van der Waals surface area contributed by atoms with Gasteiger partial charge in [0.15, 0.2) is 0 Å². The number of hydrogen-bond donors (Lipinski definition) is 1. The van der Waals surface area contributed by atoms with Gasteiger partial charge in [-0.25, -0.2) is 0 Å². The minimum Gasteiger partial charge on any atom is -0.481 e. The normalized spacial score (nSPS) is 22.3. The minimum atomic E-state index is -0.633. The van der Waals surface area contributed by atoms with E-state index in [0.29, 0.717) is 0 Å². The highest BCUT2D eigenvalue weighted by molar-refractivity contribution is 5.82. The summed E-state index contributed by atoms with van der Waals surface area (Å²) in [4.78, 5) is 14.4. The molecule has 0 unspecified atom stereocenters. The SMILES string of the molecule is O=C(O)C1(c2ccccc2CN2CCCCC2)CCCC1. The molecule has 1 N–H and O–H groups in total. The van der Waals surface area contributed by atoms with E-state index in [-0.39, 0.29) is 0 Å². The maximum atomic E-state index is 12.0. The molecule has 21 heavy (non-hydrogen) atoms. The number of aliphatic carboxylic acids is 1. The van der Waals surface area contributed by atoms with Crippen molar-refractivity contribution in [1.82, 2.24) is 4.90 Å². The summed E-state index contributed by atoms with van der Waals surface area (Å²) in [7, 11) is 0. The van der Waals surface area contributed by atoms with E-state index in [2.05, 4.69) is 17.0 Å². The van der Waals surface area contributed by atoms with Crippen molar-refractivity contribution in [3.63, 3.8) is 0 Å². The summed E-state index contributed by atoms with van der Waals surface area (Å²) in [6.07, 6.45) is 7.52. The highest BCUT2D eigenvalue weighted by Crippen LogP contribution is 2.43. The molecular weight excluding hydrogens is 262 g/mol. The van der Waals surface area contributed by atoms with Gasteiger partial charge < -0.3 is 5.11 Å². The molecule has 2 aliphatic rings. The fraction of sp³-hybridized carbons (Fsp3) is 0.611. The Hall–Kier alpha value is -1.35. The largest absolute Gasteiger partial charge is 0.481 e. The molecule has 0 aromatic heterocycles. The van der Waals surface area contributed by atoms with Gasteiger partial charge in [0.25, 0.3) is 0 Å². The van der Waals surface area contributed by atoms with Crippen molar-refractivity contribution >= 4 is 5.97 Å². The second kappa shape index (κ2) is 6.18. The van der Waals surface area contributed by atoms with Crippen molar-refractivity contribution in [3.05, 3.63) is 35.4 Å². The fourth-order valence-corrected chi connectivity index (χ4v) is 4.06. The van der Waals surface area contributed by atoms with E-state index >= 15 is 0 Å². The smallest absolute Gasteiger partial charge is 0.314 e. The number of likely N-dealkylation sites (tertiary alicyclic amines) is 1. The molecule has 1 saturated heterocycles. The maximum Gasteiger partial charge on any atom is 0.314 e. The molecule has 3 heteroatoms. The minimum absolute atomic E-state index is 0.633. The number of piperidine rings is 1. The Balaban J connectivity index is 1.89. The molecule has 1 aliphatic carbocycles. The van der Waals surface area contributed by atoms with Gasteiger partial charge in [-0.2, -0.15) is 0 Å². The van der Waals surface area contributed by atoms with Crippen LogP contribution in [0.2, 0.25) is 0 Å². The summed E-state index contributed by atoms with van der Waals surface area (Å²) in [6.45, 7) is 3.20. The predicted molar refractivity (Wildman–Crippen MR) is 83.4 cm³/mol. The molecule has 0 bridgehead atoms. The zero-order valence-corrected chi connectivity index (χ0v) is 12.7. The third-order valence-corrected chi connectivity index (χ3v) is 5.24. The zero-order chi connectivity index (χ0) is 14.7. The first kappa shape index (κ1) is 14.6. The second-order valence-electron chi connectivity index (χ2n) is 6.59. The third-order valence-electron chi connectivity index (χ3n) is 5.24. The maximum absolute atomic E-state index is 12.0. The standard InChI is InChI=1S/C18H25NO2/c20-17(21)18(10-4-5-11-18)16-9-3-2-8-15(16)14-19-12-6-1-7-13-19/h2-3,8-9H,1,4-7,10-14H2,(H,20,21). The summed E-state index contributed by atoms with van der Waals surface area (Å²) < 4.78 is 0. The number of hydrogen-bond acceptors (Lipinski definition) is 2. The first-order valence-corrected chi connectivity index (χ1v) is 8.26. The molecule has 2 fully saturated rings. The molecule has 114 valence electrons. The van der Waals surface area contributed by atoms with Crippen molar-refractivity contribution in [1.29, 1.82) is 0 Å². The predicted octanol–water partition coefficient (Wildman–Crippen LogP) is 3.57. The van der Waals surface area contributed by atoms with Crippen molar-refractivity contribution in [2.24, 2.45) is 0 Å². The highest BCUT2D eigenvalue weighted by Gasteiger charge is 2.44.